The van der Waals surface area contributed by atoms with Crippen LogP contribution in [0.25, 0.3) is 6.08 Å². The Hall–Kier alpha value is -1.13. The van der Waals surface area contributed by atoms with Gasteiger partial charge in [0.2, 0.25) is 0 Å². The molecular weight excluding hydrogens is 230 g/mol. The predicted molar refractivity (Wildman–Crippen MR) is 69.1 cm³/mol. The van der Waals surface area contributed by atoms with Gasteiger partial charge < -0.3 is 14.0 Å². The molecule has 1 aromatic rings. The molecule has 0 aliphatic carbocycles. The Kier molecular flexibility index (Phi) is 4.55. The van der Waals surface area contributed by atoms with Crippen LogP contribution in [0.5, 0.6) is 0 Å². The first kappa shape index (κ1) is 13.3. The third-order valence-electron chi connectivity index (χ3n) is 3.17. The summed E-state index contributed by atoms with van der Waals surface area (Å²) in [6.07, 6.45) is 7.37. The van der Waals surface area contributed by atoms with Crippen LogP contribution in [-0.2, 0) is 9.47 Å². The molecule has 0 bridgehead atoms. The van der Waals surface area contributed by atoms with Gasteiger partial charge in [-0.3, -0.25) is 0 Å². The highest BCUT2D eigenvalue weighted by molar-refractivity contribution is 5.53. The molecule has 4 nitrogen and oxygen atoms in total. The Morgan fingerprint density at radius 2 is 2.22 bits per heavy atom. The molecule has 0 saturated carbocycles. The molecule has 0 radical (unpaired) electrons. The molecule has 1 fully saturated rings. The van der Waals surface area contributed by atoms with Crippen molar-refractivity contribution in [3.63, 3.8) is 0 Å². The zero-order chi connectivity index (χ0) is 13.0. The number of rotatable bonds is 4. The molecule has 1 aliphatic rings. The Balaban J connectivity index is 1.96. The number of aromatic nitrogens is 1. The standard InChI is InChI=1S/C14H21NO3/c1-4-16-14-7-5-6-12(17-14)8-9-13-10(2)15-18-11(13)3/h8-9,12,14H,4-7H2,1-3H3. The smallest absolute Gasteiger partial charge is 0.158 e. The van der Waals surface area contributed by atoms with Gasteiger partial charge in [0.15, 0.2) is 6.29 Å². The summed E-state index contributed by atoms with van der Waals surface area (Å²) >= 11 is 0. The summed E-state index contributed by atoms with van der Waals surface area (Å²) < 4.78 is 16.5. The van der Waals surface area contributed by atoms with Crippen LogP contribution >= 0.6 is 0 Å². The van der Waals surface area contributed by atoms with Crippen molar-refractivity contribution in [2.24, 2.45) is 0 Å². The minimum Gasteiger partial charge on any atom is -0.361 e. The predicted octanol–water partition coefficient (Wildman–Crippen LogP) is 3.24. The molecule has 0 aromatic carbocycles. The summed E-state index contributed by atoms with van der Waals surface area (Å²) in [6.45, 7) is 6.56. The van der Waals surface area contributed by atoms with Gasteiger partial charge in [-0.25, -0.2) is 0 Å². The first-order chi connectivity index (χ1) is 8.70. The largest absolute Gasteiger partial charge is 0.361 e. The molecule has 0 N–H and O–H groups in total. The van der Waals surface area contributed by atoms with Crippen LogP contribution in [0.4, 0.5) is 0 Å². The summed E-state index contributed by atoms with van der Waals surface area (Å²) in [5, 5.41) is 3.93. The number of ether oxygens (including phenoxy) is 2. The topological polar surface area (TPSA) is 44.5 Å². The van der Waals surface area contributed by atoms with E-state index in [0.29, 0.717) is 6.61 Å². The lowest BCUT2D eigenvalue weighted by molar-refractivity contribution is -0.179. The minimum atomic E-state index is -0.0527. The maximum atomic E-state index is 5.84. The van der Waals surface area contributed by atoms with Crippen LogP contribution in [0.15, 0.2) is 10.6 Å². The van der Waals surface area contributed by atoms with E-state index in [1.54, 1.807) is 0 Å². The second kappa shape index (κ2) is 6.16. The van der Waals surface area contributed by atoms with Gasteiger partial charge >= 0.3 is 0 Å². The maximum absolute atomic E-state index is 5.84. The van der Waals surface area contributed by atoms with Crippen molar-refractivity contribution in [3.05, 3.63) is 23.1 Å². The second-order valence-electron chi connectivity index (χ2n) is 4.59. The Bertz CT molecular complexity index is 390. The van der Waals surface area contributed by atoms with Crippen LogP contribution < -0.4 is 0 Å². The third kappa shape index (κ3) is 3.21. The monoisotopic (exact) mass is 251 g/mol. The first-order valence-electron chi connectivity index (χ1n) is 6.59. The molecule has 2 unspecified atom stereocenters. The molecular formula is C14H21NO3. The van der Waals surface area contributed by atoms with E-state index in [4.69, 9.17) is 14.0 Å². The summed E-state index contributed by atoms with van der Waals surface area (Å²) in [4.78, 5) is 0. The van der Waals surface area contributed by atoms with Crippen LogP contribution in [0.1, 0.15) is 43.2 Å². The van der Waals surface area contributed by atoms with Gasteiger partial charge in [-0.2, -0.15) is 0 Å². The van der Waals surface area contributed by atoms with E-state index in [-0.39, 0.29) is 12.4 Å². The van der Waals surface area contributed by atoms with Gasteiger partial charge in [0.05, 0.1) is 11.8 Å². The third-order valence-corrected chi connectivity index (χ3v) is 3.17. The van der Waals surface area contributed by atoms with E-state index in [2.05, 4.69) is 11.2 Å². The normalized spacial score (nSPS) is 24.8. The van der Waals surface area contributed by atoms with E-state index in [9.17, 15) is 0 Å². The molecule has 18 heavy (non-hydrogen) atoms. The van der Waals surface area contributed by atoms with Crippen molar-refractivity contribution in [1.29, 1.82) is 0 Å². The number of hydrogen-bond donors (Lipinski definition) is 0. The fraction of sp³-hybridized carbons (Fsp3) is 0.643. The van der Waals surface area contributed by atoms with Crippen molar-refractivity contribution in [1.82, 2.24) is 5.16 Å². The van der Waals surface area contributed by atoms with Crippen molar-refractivity contribution in [2.45, 2.75) is 52.4 Å². The minimum absolute atomic E-state index is 0.0527. The highest BCUT2D eigenvalue weighted by atomic mass is 16.7. The molecule has 1 saturated heterocycles. The van der Waals surface area contributed by atoms with Crippen LogP contribution in [0.3, 0.4) is 0 Å². The van der Waals surface area contributed by atoms with Crippen molar-refractivity contribution in [2.75, 3.05) is 6.61 Å². The zero-order valence-corrected chi connectivity index (χ0v) is 11.3. The van der Waals surface area contributed by atoms with Gasteiger partial charge in [-0.1, -0.05) is 17.3 Å². The molecule has 1 aliphatic heterocycles. The zero-order valence-electron chi connectivity index (χ0n) is 11.3. The summed E-state index contributed by atoms with van der Waals surface area (Å²) in [7, 11) is 0. The molecule has 0 spiro atoms. The lowest BCUT2D eigenvalue weighted by atomic mass is 10.1. The van der Waals surface area contributed by atoms with Gasteiger partial charge in [0.25, 0.3) is 0 Å². The molecule has 4 heteroatoms. The molecule has 2 atom stereocenters. The van der Waals surface area contributed by atoms with E-state index in [1.807, 2.05) is 26.8 Å². The highest BCUT2D eigenvalue weighted by Gasteiger charge is 2.20. The SMILES string of the molecule is CCOC1CCCC(C=Cc2c(C)noc2C)O1. The summed E-state index contributed by atoms with van der Waals surface area (Å²) in [5.41, 5.74) is 1.97. The number of nitrogens with zero attached hydrogens (tertiary/aromatic N) is 1. The molecule has 1 aromatic heterocycles. The molecule has 2 heterocycles. The summed E-state index contributed by atoms with van der Waals surface area (Å²) in [6, 6.07) is 0. The van der Waals surface area contributed by atoms with Crippen molar-refractivity contribution < 1.29 is 14.0 Å². The fourth-order valence-electron chi connectivity index (χ4n) is 2.20. The maximum Gasteiger partial charge on any atom is 0.158 e. The van der Waals surface area contributed by atoms with Crippen LogP contribution in [-0.4, -0.2) is 24.2 Å². The quantitative estimate of drug-likeness (QED) is 0.824. The molecule has 0 amide bonds. The van der Waals surface area contributed by atoms with Gasteiger partial charge in [-0.05, 0) is 40.0 Å². The Labute approximate surface area is 108 Å². The van der Waals surface area contributed by atoms with Crippen molar-refractivity contribution >= 4 is 6.08 Å². The second-order valence-corrected chi connectivity index (χ2v) is 4.59. The van der Waals surface area contributed by atoms with Gasteiger partial charge in [0, 0.05) is 12.2 Å². The van der Waals surface area contributed by atoms with E-state index < -0.39 is 0 Å². The lowest BCUT2D eigenvalue weighted by Gasteiger charge is -2.27. The van der Waals surface area contributed by atoms with E-state index >= 15 is 0 Å². The van der Waals surface area contributed by atoms with Gasteiger partial charge in [0.1, 0.15) is 5.76 Å². The highest BCUT2D eigenvalue weighted by Crippen LogP contribution is 2.22. The van der Waals surface area contributed by atoms with Crippen LogP contribution in [0, 0.1) is 13.8 Å². The Morgan fingerprint density at radius 1 is 1.39 bits per heavy atom. The summed E-state index contributed by atoms with van der Waals surface area (Å²) in [5.74, 6) is 0.848. The number of hydrogen-bond acceptors (Lipinski definition) is 4. The Morgan fingerprint density at radius 3 is 2.89 bits per heavy atom. The fourth-order valence-corrected chi connectivity index (χ4v) is 2.20. The molecule has 100 valence electrons. The van der Waals surface area contributed by atoms with Gasteiger partial charge in [-0.15, -0.1) is 0 Å². The van der Waals surface area contributed by atoms with E-state index in [0.717, 1.165) is 36.3 Å². The average Bonchev–Trinajstić information content (AvgIpc) is 2.68. The first-order valence-corrected chi connectivity index (χ1v) is 6.59. The number of aryl methyl sites for hydroxylation is 2. The average molecular weight is 251 g/mol. The van der Waals surface area contributed by atoms with E-state index in [1.165, 1.54) is 0 Å². The van der Waals surface area contributed by atoms with Crippen molar-refractivity contribution in [3.8, 4) is 0 Å². The lowest BCUT2D eigenvalue weighted by Crippen LogP contribution is -2.28. The molecule has 2 rings (SSSR count). The van der Waals surface area contributed by atoms with Crippen LogP contribution in [0.2, 0.25) is 0 Å².